The zero-order valence-corrected chi connectivity index (χ0v) is 14.1. The van der Waals surface area contributed by atoms with Crippen LogP contribution in [0.25, 0.3) is 10.2 Å². The average molecular weight is 364 g/mol. The van der Waals surface area contributed by atoms with Gasteiger partial charge in [0.1, 0.15) is 0 Å². The van der Waals surface area contributed by atoms with Crippen LogP contribution in [-0.4, -0.2) is 23.3 Å². The lowest BCUT2D eigenvalue weighted by Crippen LogP contribution is -2.25. The van der Waals surface area contributed by atoms with E-state index in [1.807, 2.05) is 12.1 Å². The van der Waals surface area contributed by atoms with Gasteiger partial charge in [-0.15, -0.1) is 0 Å². The molecule has 0 spiro atoms. The van der Waals surface area contributed by atoms with Gasteiger partial charge < -0.3 is 15.1 Å². The fourth-order valence-corrected chi connectivity index (χ4v) is 3.24. The maximum absolute atomic E-state index is 11.9. The third-order valence-electron chi connectivity index (χ3n) is 3.21. The molecular formula is C16H14ClN3O3S. The van der Waals surface area contributed by atoms with E-state index in [1.165, 1.54) is 17.6 Å². The Bertz CT molecular complexity index is 861. The van der Waals surface area contributed by atoms with Gasteiger partial charge in [0.15, 0.2) is 10.9 Å². The number of nitrogens with zero attached hydrogens (tertiary/aromatic N) is 1. The summed E-state index contributed by atoms with van der Waals surface area (Å²) in [6, 6.07) is 8.62. The highest BCUT2D eigenvalue weighted by Crippen LogP contribution is 2.28. The lowest BCUT2D eigenvalue weighted by Gasteiger charge is -2.03. The molecule has 0 unspecified atom stereocenters. The van der Waals surface area contributed by atoms with Gasteiger partial charge in [0.05, 0.1) is 16.5 Å². The van der Waals surface area contributed by atoms with Crippen LogP contribution in [0.5, 0.6) is 0 Å². The Balaban J connectivity index is 1.44. The van der Waals surface area contributed by atoms with E-state index in [9.17, 15) is 9.59 Å². The van der Waals surface area contributed by atoms with E-state index < -0.39 is 0 Å². The minimum Gasteiger partial charge on any atom is -0.459 e. The van der Waals surface area contributed by atoms with Gasteiger partial charge in [-0.25, -0.2) is 4.98 Å². The summed E-state index contributed by atoms with van der Waals surface area (Å²) in [7, 11) is 0. The summed E-state index contributed by atoms with van der Waals surface area (Å²) < 4.78 is 5.90. The van der Waals surface area contributed by atoms with Crippen molar-refractivity contribution in [2.45, 2.75) is 12.8 Å². The Labute approximate surface area is 146 Å². The van der Waals surface area contributed by atoms with Crippen molar-refractivity contribution >= 4 is 50.1 Å². The number of thiazole rings is 1. The lowest BCUT2D eigenvalue weighted by molar-refractivity contribution is -0.116. The molecule has 24 heavy (non-hydrogen) atoms. The van der Waals surface area contributed by atoms with Gasteiger partial charge in [-0.2, -0.15) is 0 Å². The molecule has 0 aliphatic heterocycles. The molecule has 3 rings (SSSR count). The molecule has 0 fully saturated rings. The predicted molar refractivity (Wildman–Crippen MR) is 93.5 cm³/mol. The Hall–Kier alpha value is -2.38. The van der Waals surface area contributed by atoms with Crippen LogP contribution in [0.4, 0.5) is 5.13 Å². The standard InChI is InChI=1S/C16H14ClN3O3S/c17-10-5-6-11-13(9-10)24-16(19-11)20-14(21)4-1-7-18-15(22)12-3-2-8-23-12/h2-3,5-6,8-9H,1,4,7H2,(H,18,22)(H,19,20,21). The summed E-state index contributed by atoms with van der Waals surface area (Å²) in [6.45, 7) is 0.391. The van der Waals surface area contributed by atoms with Crippen molar-refractivity contribution in [3.05, 3.63) is 47.4 Å². The van der Waals surface area contributed by atoms with Gasteiger partial charge >= 0.3 is 0 Å². The second-order valence-corrected chi connectivity index (χ2v) is 6.48. The van der Waals surface area contributed by atoms with Crippen LogP contribution in [0.1, 0.15) is 23.4 Å². The highest BCUT2D eigenvalue weighted by atomic mass is 35.5. The number of carbonyl (C=O) groups excluding carboxylic acids is 2. The van der Waals surface area contributed by atoms with E-state index in [1.54, 1.807) is 18.2 Å². The van der Waals surface area contributed by atoms with Crippen molar-refractivity contribution in [2.24, 2.45) is 0 Å². The van der Waals surface area contributed by atoms with Crippen LogP contribution in [0.3, 0.4) is 0 Å². The van der Waals surface area contributed by atoms with E-state index in [0.29, 0.717) is 23.1 Å². The number of aromatic nitrogens is 1. The first kappa shape index (κ1) is 16.5. The topological polar surface area (TPSA) is 84.2 Å². The molecule has 2 amide bonds. The molecule has 2 aromatic heterocycles. The number of rotatable bonds is 6. The third kappa shape index (κ3) is 4.12. The number of halogens is 1. The molecule has 124 valence electrons. The maximum atomic E-state index is 11.9. The summed E-state index contributed by atoms with van der Waals surface area (Å²) in [5, 5.41) is 6.63. The fraction of sp³-hybridized carbons (Fsp3) is 0.188. The first-order chi connectivity index (χ1) is 11.6. The van der Waals surface area contributed by atoms with Crippen LogP contribution < -0.4 is 10.6 Å². The van der Waals surface area contributed by atoms with E-state index in [0.717, 1.165) is 10.2 Å². The molecule has 6 nitrogen and oxygen atoms in total. The van der Waals surface area contributed by atoms with E-state index >= 15 is 0 Å². The summed E-state index contributed by atoms with van der Waals surface area (Å²) in [5.74, 6) is -0.177. The molecular weight excluding hydrogens is 350 g/mol. The van der Waals surface area contributed by atoms with Crippen LogP contribution in [0, 0.1) is 0 Å². The van der Waals surface area contributed by atoms with Crippen LogP contribution in [0.2, 0.25) is 5.02 Å². The molecule has 1 aromatic carbocycles. The maximum Gasteiger partial charge on any atom is 0.286 e. The minimum absolute atomic E-state index is 0.146. The van der Waals surface area contributed by atoms with Crippen LogP contribution in [0.15, 0.2) is 41.0 Å². The van der Waals surface area contributed by atoms with Crippen molar-refractivity contribution in [1.82, 2.24) is 10.3 Å². The first-order valence-corrected chi connectivity index (χ1v) is 8.49. The molecule has 3 aromatic rings. The molecule has 0 bridgehead atoms. The molecule has 0 atom stereocenters. The van der Waals surface area contributed by atoms with Gasteiger partial charge in [0.25, 0.3) is 5.91 Å². The second kappa shape index (κ2) is 7.46. The Morgan fingerprint density at radius 1 is 1.29 bits per heavy atom. The smallest absolute Gasteiger partial charge is 0.286 e. The summed E-state index contributed by atoms with van der Waals surface area (Å²) >= 11 is 7.30. The number of benzene rings is 1. The number of anilines is 1. The van der Waals surface area contributed by atoms with Gasteiger partial charge in [-0.05, 0) is 36.8 Å². The number of amides is 2. The second-order valence-electron chi connectivity index (χ2n) is 5.02. The molecule has 0 saturated carbocycles. The Kier molecular flexibility index (Phi) is 5.12. The summed E-state index contributed by atoms with van der Waals surface area (Å²) in [5.41, 5.74) is 0.797. The van der Waals surface area contributed by atoms with Gasteiger partial charge in [-0.1, -0.05) is 22.9 Å². The van der Waals surface area contributed by atoms with Crippen molar-refractivity contribution in [3.8, 4) is 0 Å². The van der Waals surface area contributed by atoms with Gasteiger partial charge in [-0.3, -0.25) is 9.59 Å². The van der Waals surface area contributed by atoms with Crippen LogP contribution >= 0.6 is 22.9 Å². The molecule has 0 aliphatic rings. The third-order valence-corrected chi connectivity index (χ3v) is 4.38. The highest BCUT2D eigenvalue weighted by molar-refractivity contribution is 7.22. The highest BCUT2D eigenvalue weighted by Gasteiger charge is 2.10. The van der Waals surface area contributed by atoms with Crippen molar-refractivity contribution in [1.29, 1.82) is 0 Å². The SMILES string of the molecule is O=C(CCCNC(=O)c1ccco1)Nc1nc2ccc(Cl)cc2s1. The summed E-state index contributed by atoms with van der Waals surface area (Å²) in [6.07, 6.45) is 2.25. The number of hydrogen-bond donors (Lipinski definition) is 2. The van der Waals surface area contributed by atoms with E-state index in [2.05, 4.69) is 15.6 Å². The Morgan fingerprint density at radius 2 is 2.17 bits per heavy atom. The first-order valence-electron chi connectivity index (χ1n) is 7.29. The van der Waals surface area contributed by atoms with Crippen molar-refractivity contribution in [2.75, 3.05) is 11.9 Å². The molecule has 0 radical (unpaired) electrons. The largest absolute Gasteiger partial charge is 0.459 e. The van der Waals surface area contributed by atoms with Gasteiger partial charge in [0.2, 0.25) is 5.91 Å². The molecule has 0 saturated heterocycles. The van der Waals surface area contributed by atoms with Crippen molar-refractivity contribution in [3.63, 3.8) is 0 Å². The van der Waals surface area contributed by atoms with Crippen molar-refractivity contribution < 1.29 is 14.0 Å². The predicted octanol–water partition coefficient (Wildman–Crippen LogP) is 3.69. The number of nitrogens with one attached hydrogen (secondary N) is 2. The monoisotopic (exact) mass is 363 g/mol. The minimum atomic E-state index is -0.288. The average Bonchev–Trinajstić information content (AvgIpc) is 3.20. The Morgan fingerprint density at radius 3 is 2.96 bits per heavy atom. The number of carbonyl (C=O) groups is 2. The van der Waals surface area contributed by atoms with Crippen LogP contribution in [-0.2, 0) is 4.79 Å². The zero-order chi connectivity index (χ0) is 16.9. The fourth-order valence-electron chi connectivity index (χ4n) is 2.08. The molecule has 2 N–H and O–H groups in total. The quantitative estimate of drug-likeness (QED) is 0.654. The summed E-state index contributed by atoms with van der Waals surface area (Å²) in [4.78, 5) is 27.9. The number of hydrogen-bond acceptors (Lipinski definition) is 5. The molecule has 0 aliphatic carbocycles. The zero-order valence-electron chi connectivity index (χ0n) is 12.5. The lowest BCUT2D eigenvalue weighted by atomic mass is 10.3. The number of furan rings is 1. The number of fused-ring (bicyclic) bond motifs is 1. The van der Waals surface area contributed by atoms with Gasteiger partial charge in [0, 0.05) is 18.0 Å². The normalized spacial score (nSPS) is 10.7. The molecule has 2 heterocycles. The van der Waals surface area contributed by atoms with E-state index in [4.69, 9.17) is 16.0 Å². The van der Waals surface area contributed by atoms with E-state index in [-0.39, 0.29) is 24.0 Å². The molecule has 8 heteroatoms.